The number of carbonyl (C=O) groups excluding carboxylic acids is 1. The van der Waals surface area contributed by atoms with Crippen molar-refractivity contribution >= 4 is 5.97 Å². The van der Waals surface area contributed by atoms with E-state index in [0.717, 1.165) is 19.5 Å². The maximum atomic E-state index is 11.7. The molecule has 1 heterocycles. The van der Waals surface area contributed by atoms with Crippen LogP contribution in [0.2, 0.25) is 0 Å². The first-order valence-electron chi connectivity index (χ1n) is 5.70. The summed E-state index contributed by atoms with van der Waals surface area (Å²) in [6, 6.07) is -0.0134. The van der Waals surface area contributed by atoms with Gasteiger partial charge in [-0.3, -0.25) is 9.69 Å². The molecule has 0 unspecified atom stereocenters. The van der Waals surface area contributed by atoms with Crippen molar-refractivity contribution in [2.24, 2.45) is 11.7 Å². The summed E-state index contributed by atoms with van der Waals surface area (Å²) in [7, 11) is 0. The Hall–Kier alpha value is -0.610. The van der Waals surface area contributed by atoms with Crippen LogP contribution < -0.4 is 5.73 Å². The molecule has 1 aliphatic rings. The molecular weight excluding hydrogens is 192 g/mol. The summed E-state index contributed by atoms with van der Waals surface area (Å²) in [5, 5.41) is 0. The van der Waals surface area contributed by atoms with Crippen molar-refractivity contribution in [2.45, 2.75) is 39.3 Å². The molecule has 0 aliphatic carbocycles. The van der Waals surface area contributed by atoms with Gasteiger partial charge in [-0.1, -0.05) is 13.8 Å². The van der Waals surface area contributed by atoms with E-state index >= 15 is 0 Å². The van der Waals surface area contributed by atoms with Crippen LogP contribution in [0.1, 0.15) is 27.2 Å². The van der Waals surface area contributed by atoms with Crippen molar-refractivity contribution in [3.8, 4) is 0 Å². The summed E-state index contributed by atoms with van der Waals surface area (Å²) < 4.78 is 5.05. The maximum absolute atomic E-state index is 11.7. The number of rotatable bonds is 4. The fourth-order valence-corrected chi connectivity index (χ4v) is 2.09. The molecule has 0 aromatic carbocycles. The predicted octanol–water partition coefficient (Wildman–Crippen LogP) is 0.607. The molecule has 0 bridgehead atoms. The Labute approximate surface area is 91.8 Å². The van der Waals surface area contributed by atoms with Crippen molar-refractivity contribution in [3.05, 3.63) is 0 Å². The van der Waals surface area contributed by atoms with Gasteiger partial charge in [0.1, 0.15) is 6.04 Å². The highest BCUT2D eigenvalue weighted by Crippen LogP contribution is 2.19. The Balaban J connectivity index is 2.56. The summed E-state index contributed by atoms with van der Waals surface area (Å²) in [6.07, 6.45) is 0.728. The lowest BCUT2D eigenvalue weighted by Crippen LogP contribution is -2.39. The van der Waals surface area contributed by atoms with Crippen molar-refractivity contribution in [1.82, 2.24) is 4.90 Å². The van der Waals surface area contributed by atoms with Crippen LogP contribution in [0.5, 0.6) is 0 Å². The largest absolute Gasteiger partial charge is 0.465 e. The average molecular weight is 214 g/mol. The standard InChI is InChI=1S/C11H22N2O2/c1-4-15-11(14)10-5-9(12)7-13(10)6-8(2)3/h8-10H,4-7,12H2,1-3H3/t9-,10-/m0/s1. The average Bonchev–Trinajstić information content (AvgIpc) is 2.46. The second kappa shape index (κ2) is 5.47. The van der Waals surface area contributed by atoms with Gasteiger partial charge in [-0.2, -0.15) is 0 Å². The number of nitrogens with two attached hydrogens (primary N) is 1. The van der Waals surface area contributed by atoms with Gasteiger partial charge in [0.15, 0.2) is 0 Å². The molecule has 1 rings (SSSR count). The topological polar surface area (TPSA) is 55.6 Å². The van der Waals surface area contributed by atoms with Gasteiger partial charge in [0, 0.05) is 19.1 Å². The number of nitrogens with zero attached hydrogens (tertiary/aromatic N) is 1. The minimum atomic E-state index is -0.123. The summed E-state index contributed by atoms with van der Waals surface area (Å²) in [4.78, 5) is 13.8. The maximum Gasteiger partial charge on any atom is 0.323 e. The molecule has 0 saturated carbocycles. The Morgan fingerprint density at radius 1 is 1.60 bits per heavy atom. The summed E-state index contributed by atoms with van der Waals surface area (Å²) >= 11 is 0. The number of hydrogen-bond donors (Lipinski definition) is 1. The van der Waals surface area contributed by atoms with E-state index in [1.807, 2.05) is 6.92 Å². The minimum absolute atomic E-state index is 0.109. The zero-order chi connectivity index (χ0) is 11.4. The molecule has 2 N–H and O–H groups in total. The Kier molecular flexibility index (Phi) is 4.54. The van der Waals surface area contributed by atoms with E-state index < -0.39 is 0 Å². The number of hydrogen-bond acceptors (Lipinski definition) is 4. The Bertz CT molecular complexity index is 219. The number of esters is 1. The van der Waals surface area contributed by atoms with E-state index in [9.17, 15) is 4.79 Å². The lowest BCUT2D eigenvalue weighted by atomic mass is 10.1. The van der Waals surface area contributed by atoms with Crippen LogP contribution in [0.25, 0.3) is 0 Å². The number of likely N-dealkylation sites (tertiary alicyclic amines) is 1. The van der Waals surface area contributed by atoms with Crippen LogP contribution in [-0.4, -0.2) is 42.6 Å². The summed E-state index contributed by atoms with van der Waals surface area (Å²) in [6.45, 7) is 8.29. The van der Waals surface area contributed by atoms with E-state index in [-0.39, 0.29) is 18.1 Å². The van der Waals surface area contributed by atoms with Gasteiger partial charge in [0.2, 0.25) is 0 Å². The summed E-state index contributed by atoms with van der Waals surface area (Å²) in [5.74, 6) is 0.429. The third-order valence-corrected chi connectivity index (χ3v) is 2.59. The van der Waals surface area contributed by atoms with E-state index in [2.05, 4.69) is 18.7 Å². The zero-order valence-electron chi connectivity index (χ0n) is 9.90. The molecule has 0 aromatic heterocycles. The van der Waals surface area contributed by atoms with Gasteiger partial charge in [0.25, 0.3) is 0 Å². The van der Waals surface area contributed by atoms with Gasteiger partial charge in [-0.25, -0.2) is 0 Å². The van der Waals surface area contributed by atoms with E-state index in [1.54, 1.807) is 0 Å². The minimum Gasteiger partial charge on any atom is -0.465 e. The number of ether oxygens (including phenoxy) is 1. The van der Waals surface area contributed by atoms with Gasteiger partial charge in [0.05, 0.1) is 6.61 Å². The molecule has 4 heteroatoms. The van der Waals surface area contributed by atoms with E-state index in [4.69, 9.17) is 10.5 Å². The van der Waals surface area contributed by atoms with Crippen LogP contribution in [0.3, 0.4) is 0 Å². The molecule has 1 saturated heterocycles. The highest BCUT2D eigenvalue weighted by molar-refractivity contribution is 5.76. The summed E-state index contributed by atoms with van der Waals surface area (Å²) in [5.41, 5.74) is 5.88. The molecule has 15 heavy (non-hydrogen) atoms. The Morgan fingerprint density at radius 3 is 2.80 bits per heavy atom. The van der Waals surface area contributed by atoms with Gasteiger partial charge < -0.3 is 10.5 Å². The smallest absolute Gasteiger partial charge is 0.323 e. The molecule has 1 fully saturated rings. The second-order valence-electron chi connectivity index (χ2n) is 4.61. The lowest BCUT2D eigenvalue weighted by molar-refractivity contribution is -0.148. The highest BCUT2D eigenvalue weighted by atomic mass is 16.5. The highest BCUT2D eigenvalue weighted by Gasteiger charge is 2.36. The molecule has 1 aliphatic heterocycles. The molecule has 2 atom stereocenters. The molecule has 0 radical (unpaired) electrons. The zero-order valence-corrected chi connectivity index (χ0v) is 9.90. The van der Waals surface area contributed by atoms with Crippen LogP contribution in [0, 0.1) is 5.92 Å². The molecule has 4 nitrogen and oxygen atoms in total. The second-order valence-corrected chi connectivity index (χ2v) is 4.61. The molecule has 0 aromatic rings. The predicted molar refractivity (Wildman–Crippen MR) is 59.4 cm³/mol. The van der Waals surface area contributed by atoms with Crippen molar-refractivity contribution in [1.29, 1.82) is 0 Å². The van der Waals surface area contributed by atoms with Crippen LogP contribution >= 0.6 is 0 Å². The van der Waals surface area contributed by atoms with E-state index in [0.29, 0.717) is 12.5 Å². The van der Waals surface area contributed by atoms with E-state index in [1.165, 1.54) is 0 Å². The normalized spacial score (nSPS) is 27.3. The van der Waals surface area contributed by atoms with Crippen molar-refractivity contribution in [2.75, 3.05) is 19.7 Å². The molecule has 0 amide bonds. The first-order chi connectivity index (χ1) is 7.04. The van der Waals surface area contributed by atoms with Gasteiger partial charge >= 0.3 is 5.97 Å². The lowest BCUT2D eigenvalue weighted by Gasteiger charge is -2.24. The van der Waals surface area contributed by atoms with Gasteiger partial charge in [-0.15, -0.1) is 0 Å². The third kappa shape index (κ3) is 3.47. The molecule has 0 spiro atoms. The van der Waals surface area contributed by atoms with Gasteiger partial charge in [-0.05, 0) is 19.3 Å². The molecular formula is C11H22N2O2. The molecule has 88 valence electrons. The monoisotopic (exact) mass is 214 g/mol. The van der Waals surface area contributed by atoms with Crippen LogP contribution in [0.15, 0.2) is 0 Å². The SMILES string of the molecule is CCOC(=O)[C@@H]1C[C@H](N)CN1CC(C)C. The fraction of sp³-hybridized carbons (Fsp3) is 0.909. The van der Waals surface area contributed by atoms with Crippen molar-refractivity contribution < 1.29 is 9.53 Å². The first kappa shape index (κ1) is 12.5. The quantitative estimate of drug-likeness (QED) is 0.697. The third-order valence-electron chi connectivity index (χ3n) is 2.59. The fourth-order valence-electron chi connectivity index (χ4n) is 2.09. The number of carbonyl (C=O) groups is 1. The van der Waals surface area contributed by atoms with Crippen LogP contribution in [-0.2, 0) is 9.53 Å². The van der Waals surface area contributed by atoms with Crippen molar-refractivity contribution in [3.63, 3.8) is 0 Å². The first-order valence-corrected chi connectivity index (χ1v) is 5.70. The Morgan fingerprint density at radius 2 is 2.27 bits per heavy atom. The van der Waals surface area contributed by atoms with Crippen LogP contribution in [0.4, 0.5) is 0 Å².